The molecule has 0 unspecified atom stereocenters. The summed E-state index contributed by atoms with van der Waals surface area (Å²) in [6.07, 6.45) is 7.67. The molecule has 88 valence electrons. The lowest BCUT2D eigenvalue weighted by Crippen LogP contribution is -2.30. The minimum absolute atomic E-state index is 0.453. The highest BCUT2D eigenvalue weighted by Crippen LogP contribution is 2.24. The predicted molar refractivity (Wildman–Crippen MR) is 64.4 cm³/mol. The molecule has 0 atom stereocenters. The molecule has 2 aromatic heterocycles. The van der Waals surface area contributed by atoms with Gasteiger partial charge in [-0.25, -0.2) is 4.68 Å². The lowest BCUT2D eigenvalue weighted by Gasteiger charge is -2.23. The quantitative estimate of drug-likeness (QED) is 0.842. The Morgan fingerprint density at radius 1 is 1.24 bits per heavy atom. The van der Waals surface area contributed by atoms with E-state index in [-0.39, 0.29) is 0 Å². The second kappa shape index (κ2) is 4.63. The zero-order chi connectivity index (χ0) is 11.5. The first-order valence-electron chi connectivity index (χ1n) is 5.96. The first-order chi connectivity index (χ1) is 8.45. The van der Waals surface area contributed by atoms with Crippen LogP contribution >= 0.6 is 0 Å². The van der Waals surface area contributed by atoms with E-state index in [1.807, 2.05) is 29.2 Å². The van der Waals surface area contributed by atoms with Gasteiger partial charge in [-0.2, -0.15) is 0 Å². The molecule has 2 aromatic rings. The van der Waals surface area contributed by atoms with Crippen molar-refractivity contribution in [2.24, 2.45) is 0 Å². The molecule has 0 spiro atoms. The third-order valence-corrected chi connectivity index (χ3v) is 3.19. The summed E-state index contributed by atoms with van der Waals surface area (Å²) in [6.45, 7) is 2.11. The molecule has 1 aliphatic rings. The fourth-order valence-electron chi connectivity index (χ4n) is 2.29. The van der Waals surface area contributed by atoms with Crippen LogP contribution in [0.1, 0.15) is 18.9 Å². The van der Waals surface area contributed by atoms with Gasteiger partial charge < -0.3 is 5.32 Å². The summed E-state index contributed by atoms with van der Waals surface area (Å²) in [6, 6.07) is 4.44. The van der Waals surface area contributed by atoms with Gasteiger partial charge in [-0.05, 0) is 38.1 Å². The molecule has 17 heavy (non-hydrogen) atoms. The summed E-state index contributed by atoms with van der Waals surface area (Å²) in [5.74, 6) is 0. The number of aromatic nitrogens is 4. The monoisotopic (exact) mass is 229 g/mol. The van der Waals surface area contributed by atoms with Crippen LogP contribution in [0.2, 0.25) is 0 Å². The van der Waals surface area contributed by atoms with Crippen LogP contribution in [-0.4, -0.2) is 33.1 Å². The Labute approximate surface area is 99.9 Å². The van der Waals surface area contributed by atoms with E-state index >= 15 is 0 Å². The van der Waals surface area contributed by atoms with Crippen LogP contribution in [0.15, 0.2) is 30.7 Å². The Balaban J connectivity index is 1.93. The van der Waals surface area contributed by atoms with E-state index in [4.69, 9.17) is 0 Å². The summed E-state index contributed by atoms with van der Waals surface area (Å²) in [5.41, 5.74) is 2.14. The summed E-state index contributed by atoms with van der Waals surface area (Å²) < 4.78 is 2.04. The number of nitrogens with zero attached hydrogens (tertiary/aromatic N) is 4. The molecular formula is C12H15N5. The van der Waals surface area contributed by atoms with E-state index in [0.29, 0.717) is 6.04 Å². The van der Waals surface area contributed by atoms with Gasteiger partial charge in [0, 0.05) is 18.0 Å². The summed E-state index contributed by atoms with van der Waals surface area (Å²) >= 11 is 0. The van der Waals surface area contributed by atoms with Crippen LogP contribution in [0.5, 0.6) is 0 Å². The summed E-state index contributed by atoms with van der Waals surface area (Å²) in [7, 11) is 0. The minimum atomic E-state index is 0.453. The molecule has 0 bridgehead atoms. The number of pyridine rings is 1. The van der Waals surface area contributed by atoms with Crippen molar-refractivity contribution in [1.29, 1.82) is 0 Å². The van der Waals surface area contributed by atoms with Crippen molar-refractivity contribution in [3.8, 4) is 11.3 Å². The van der Waals surface area contributed by atoms with Gasteiger partial charge in [0.2, 0.25) is 0 Å². The second-order valence-corrected chi connectivity index (χ2v) is 4.29. The Bertz CT molecular complexity index is 473. The van der Waals surface area contributed by atoms with Crippen molar-refractivity contribution < 1.29 is 0 Å². The molecule has 3 rings (SSSR count). The van der Waals surface area contributed by atoms with Gasteiger partial charge in [-0.15, -0.1) is 5.10 Å². The molecule has 1 saturated heterocycles. The lowest BCUT2D eigenvalue weighted by molar-refractivity contribution is 0.340. The topological polar surface area (TPSA) is 55.6 Å². The number of hydrogen-bond donors (Lipinski definition) is 1. The van der Waals surface area contributed by atoms with Gasteiger partial charge >= 0.3 is 0 Å². The van der Waals surface area contributed by atoms with Crippen molar-refractivity contribution in [3.05, 3.63) is 30.7 Å². The van der Waals surface area contributed by atoms with Crippen LogP contribution in [0.25, 0.3) is 11.3 Å². The summed E-state index contributed by atoms with van der Waals surface area (Å²) in [5, 5.41) is 11.6. The Morgan fingerprint density at radius 2 is 2.12 bits per heavy atom. The number of nitrogens with one attached hydrogen (secondary N) is 1. The van der Waals surface area contributed by atoms with Gasteiger partial charge in [0.1, 0.15) is 0 Å². The van der Waals surface area contributed by atoms with Crippen LogP contribution in [-0.2, 0) is 0 Å². The molecule has 1 aliphatic heterocycles. The Kier molecular flexibility index (Phi) is 2.83. The average Bonchev–Trinajstić information content (AvgIpc) is 2.90. The fraction of sp³-hybridized carbons (Fsp3) is 0.417. The van der Waals surface area contributed by atoms with Gasteiger partial charge in [-0.1, -0.05) is 5.21 Å². The normalized spacial score (nSPS) is 17.2. The van der Waals surface area contributed by atoms with Gasteiger partial charge in [-0.3, -0.25) is 4.98 Å². The maximum Gasteiger partial charge on any atom is 0.0904 e. The molecular weight excluding hydrogens is 214 g/mol. The first-order valence-corrected chi connectivity index (χ1v) is 5.96. The molecule has 5 nitrogen and oxygen atoms in total. The SMILES string of the molecule is c1cncc(-c2cnnn2C2CCNCC2)c1. The van der Waals surface area contributed by atoms with Crippen molar-refractivity contribution in [3.63, 3.8) is 0 Å². The molecule has 0 saturated carbocycles. The molecule has 3 heterocycles. The standard InChI is InChI=1S/C12H15N5/c1-2-10(8-14-5-1)12-9-15-16-17(12)11-3-6-13-7-4-11/h1-2,5,8-9,11,13H,3-4,6-7H2. The molecule has 0 aliphatic carbocycles. The molecule has 0 radical (unpaired) electrons. The minimum Gasteiger partial charge on any atom is -0.317 e. The summed E-state index contributed by atoms with van der Waals surface area (Å²) in [4.78, 5) is 4.15. The van der Waals surface area contributed by atoms with Crippen LogP contribution < -0.4 is 5.32 Å². The zero-order valence-corrected chi connectivity index (χ0v) is 9.58. The van der Waals surface area contributed by atoms with E-state index in [1.165, 1.54) is 0 Å². The van der Waals surface area contributed by atoms with E-state index in [1.54, 1.807) is 6.20 Å². The number of hydrogen-bond acceptors (Lipinski definition) is 4. The fourth-order valence-corrected chi connectivity index (χ4v) is 2.29. The highest BCUT2D eigenvalue weighted by atomic mass is 15.4. The maximum atomic E-state index is 4.23. The maximum absolute atomic E-state index is 4.23. The van der Waals surface area contributed by atoms with Crippen LogP contribution in [0.3, 0.4) is 0 Å². The predicted octanol–water partition coefficient (Wildman–Crippen LogP) is 1.26. The van der Waals surface area contributed by atoms with E-state index in [0.717, 1.165) is 37.2 Å². The van der Waals surface area contributed by atoms with Gasteiger partial charge in [0.15, 0.2) is 0 Å². The lowest BCUT2D eigenvalue weighted by atomic mass is 10.1. The van der Waals surface area contributed by atoms with E-state index in [9.17, 15) is 0 Å². The molecule has 1 fully saturated rings. The van der Waals surface area contributed by atoms with E-state index < -0.39 is 0 Å². The van der Waals surface area contributed by atoms with Gasteiger partial charge in [0.25, 0.3) is 0 Å². The molecule has 5 heteroatoms. The smallest absolute Gasteiger partial charge is 0.0904 e. The Morgan fingerprint density at radius 3 is 2.88 bits per heavy atom. The molecule has 0 amide bonds. The van der Waals surface area contributed by atoms with Gasteiger partial charge in [0.05, 0.1) is 17.9 Å². The van der Waals surface area contributed by atoms with Crippen LogP contribution in [0, 0.1) is 0 Å². The first kappa shape index (κ1) is 10.4. The average molecular weight is 229 g/mol. The number of piperidine rings is 1. The van der Waals surface area contributed by atoms with Crippen LogP contribution in [0.4, 0.5) is 0 Å². The van der Waals surface area contributed by atoms with E-state index in [2.05, 4.69) is 20.6 Å². The molecule has 1 N–H and O–H groups in total. The third-order valence-electron chi connectivity index (χ3n) is 3.19. The van der Waals surface area contributed by atoms with Crippen molar-refractivity contribution in [2.45, 2.75) is 18.9 Å². The number of rotatable bonds is 2. The highest BCUT2D eigenvalue weighted by molar-refractivity contribution is 5.56. The third kappa shape index (κ3) is 2.06. The van der Waals surface area contributed by atoms with Crippen molar-refractivity contribution in [2.75, 3.05) is 13.1 Å². The van der Waals surface area contributed by atoms with Crippen molar-refractivity contribution in [1.82, 2.24) is 25.3 Å². The Hall–Kier alpha value is -1.75. The molecule has 0 aromatic carbocycles. The zero-order valence-electron chi connectivity index (χ0n) is 9.58. The van der Waals surface area contributed by atoms with Crippen molar-refractivity contribution >= 4 is 0 Å². The second-order valence-electron chi connectivity index (χ2n) is 4.29. The largest absolute Gasteiger partial charge is 0.317 e. The highest BCUT2D eigenvalue weighted by Gasteiger charge is 2.19.